The summed E-state index contributed by atoms with van der Waals surface area (Å²) in [7, 11) is 0. The number of carboxylic acids is 1. The first kappa shape index (κ1) is 10.3. The standard InChI is InChI=1S/C11H11ClO3/c12-9-3-1-2-7-6-8(15-11(7)9)4-5-10(13)14/h1-3,8H,4-6H2,(H,13,14). The van der Waals surface area contributed by atoms with Crippen LogP contribution in [0.3, 0.4) is 0 Å². The van der Waals surface area contributed by atoms with E-state index < -0.39 is 5.97 Å². The number of rotatable bonds is 3. The van der Waals surface area contributed by atoms with Gasteiger partial charge in [0.05, 0.1) is 5.02 Å². The van der Waals surface area contributed by atoms with Crippen molar-refractivity contribution >= 4 is 17.6 Å². The SMILES string of the molecule is O=C(O)CCC1Cc2cccc(Cl)c2O1. The van der Waals surface area contributed by atoms with Crippen LogP contribution in [0.2, 0.25) is 5.02 Å². The summed E-state index contributed by atoms with van der Waals surface area (Å²) >= 11 is 5.96. The van der Waals surface area contributed by atoms with Crippen molar-refractivity contribution in [2.45, 2.75) is 25.4 Å². The van der Waals surface area contributed by atoms with E-state index in [0.29, 0.717) is 11.4 Å². The number of fused-ring (bicyclic) bond motifs is 1. The third kappa shape index (κ3) is 2.23. The fraction of sp³-hybridized carbons (Fsp3) is 0.364. The molecule has 1 aliphatic rings. The summed E-state index contributed by atoms with van der Waals surface area (Å²) in [6.45, 7) is 0. The highest BCUT2D eigenvalue weighted by Crippen LogP contribution is 2.36. The number of aliphatic carboxylic acids is 1. The maximum atomic E-state index is 10.4. The van der Waals surface area contributed by atoms with Gasteiger partial charge in [-0.1, -0.05) is 23.7 Å². The quantitative estimate of drug-likeness (QED) is 0.862. The molecule has 0 saturated carbocycles. The molecule has 0 aromatic heterocycles. The van der Waals surface area contributed by atoms with Crippen molar-refractivity contribution in [1.29, 1.82) is 0 Å². The monoisotopic (exact) mass is 226 g/mol. The zero-order chi connectivity index (χ0) is 10.8. The van der Waals surface area contributed by atoms with Gasteiger partial charge in [-0.25, -0.2) is 0 Å². The van der Waals surface area contributed by atoms with Gasteiger partial charge in [-0.05, 0) is 18.1 Å². The fourth-order valence-corrected chi connectivity index (χ4v) is 1.98. The Balaban J connectivity index is 2.03. The molecule has 0 bridgehead atoms. The van der Waals surface area contributed by atoms with Crippen molar-refractivity contribution < 1.29 is 14.6 Å². The minimum absolute atomic E-state index is 0.0454. The average Bonchev–Trinajstić information content (AvgIpc) is 2.59. The normalized spacial score (nSPS) is 18.3. The molecule has 15 heavy (non-hydrogen) atoms. The van der Waals surface area contributed by atoms with Crippen molar-refractivity contribution in [2.24, 2.45) is 0 Å². The Labute approximate surface area is 92.6 Å². The molecule has 3 nitrogen and oxygen atoms in total. The molecular weight excluding hydrogens is 216 g/mol. The number of halogens is 1. The van der Waals surface area contributed by atoms with E-state index in [0.717, 1.165) is 17.7 Å². The number of carboxylic acid groups (broad SMARTS) is 1. The van der Waals surface area contributed by atoms with Crippen LogP contribution >= 0.6 is 11.6 Å². The highest BCUT2D eigenvalue weighted by molar-refractivity contribution is 6.32. The van der Waals surface area contributed by atoms with E-state index in [2.05, 4.69) is 0 Å². The van der Waals surface area contributed by atoms with Gasteiger partial charge >= 0.3 is 5.97 Å². The Bertz CT molecular complexity index is 389. The van der Waals surface area contributed by atoms with Crippen LogP contribution in [0.15, 0.2) is 18.2 Å². The zero-order valence-electron chi connectivity index (χ0n) is 8.07. The topological polar surface area (TPSA) is 46.5 Å². The van der Waals surface area contributed by atoms with Gasteiger partial charge in [-0.15, -0.1) is 0 Å². The van der Waals surface area contributed by atoms with Crippen molar-refractivity contribution in [3.63, 3.8) is 0 Å². The molecule has 0 fully saturated rings. The second-order valence-electron chi connectivity index (χ2n) is 3.60. The van der Waals surface area contributed by atoms with Crippen LogP contribution in [0.5, 0.6) is 5.75 Å². The fourth-order valence-electron chi connectivity index (χ4n) is 1.75. The summed E-state index contributed by atoms with van der Waals surface area (Å²) in [5.41, 5.74) is 1.07. The van der Waals surface area contributed by atoms with Crippen LogP contribution in [0.4, 0.5) is 0 Å². The van der Waals surface area contributed by atoms with Gasteiger partial charge in [0.15, 0.2) is 0 Å². The average molecular weight is 227 g/mol. The number of hydrogen-bond donors (Lipinski definition) is 1. The van der Waals surface area contributed by atoms with Crippen LogP contribution < -0.4 is 4.74 Å². The highest BCUT2D eigenvalue weighted by Gasteiger charge is 2.24. The van der Waals surface area contributed by atoms with Crippen molar-refractivity contribution in [3.05, 3.63) is 28.8 Å². The molecule has 1 aromatic carbocycles. The van der Waals surface area contributed by atoms with Crippen LogP contribution in [-0.2, 0) is 11.2 Å². The number of benzene rings is 1. The van der Waals surface area contributed by atoms with E-state index in [9.17, 15) is 4.79 Å². The Morgan fingerprint density at radius 2 is 2.40 bits per heavy atom. The van der Waals surface area contributed by atoms with Gasteiger partial charge in [0.1, 0.15) is 11.9 Å². The summed E-state index contributed by atoms with van der Waals surface area (Å²) in [6, 6.07) is 5.62. The van der Waals surface area contributed by atoms with E-state index in [1.54, 1.807) is 6.07 Å². The van der Waals surface area contributed by atoms with E-state index in [1.165, 1.54) is 0 Å². The van der Waals surface area contributed by atoms with Crippen LogP contribution in [0, 0.1) is 0 Å². The number of para-hydroxylation sites is 1. The van der Waals surface area contributed by atoms with Gasteiger partial charge in [-0.3, -0.25) is 4.79 Å². The van der Waals surface area contributed by atoms with E-state index in [1.807, 2.05) is 12.1 Å². The van der Waals surface area contributed by atoms with E-state index in [4.69, 9.17) is 21.4 Å². The largest absolute Gasteiger partial charge is 0.488 e. The molecule has 1 atom stereocenters. The van der Waals surface area contributed by atoms with E-state index in [-0.39, 0.29) is 12.5 Å². The molecule has 0 radical (unpaired) electrons. The molecule has 0 spiro atoms. The second kappa shape index (κ2) is 4.11. The van der Waals surface area contributed by atoms with Crippen LogP contribution in [-0.4, -0.2) is 17.2 Å². The molecule has 1 heterocycles. The highest BCUT2D eigenvalue weighted by atomic mass is 35.5. The van der Waals surface area contributed by atoms with Crippen molar-refractivity contribution in [2.75, 3.05) is 0 Å². The molecular formula is C11H11ClO3. The number of ether oxygens (including phenoxy) is 1. The Hall–Kier alpha value is -1.22. The summed E-state index contributed by atoms with van der Waals surface area (Å²) in [6.07, 6.45) is 1.37. The first-order valence-corrected chi connectivity index (χ1v) is 5.20. The molecule has 4 heteroatoms. The smallest absolute Gasteiger partial charge is 0.303 e. The van der Waals surface area contributed by atoms with Crippen LogP contribution in [0.25, 0.3) is 0 Å². The molecule has 1 aliphatic heterocycles. The van der Waals surface area contributed by atoms with Crippen LogP contribution in [0.1, 0.15) is 18.4 Å². The summed E-state index contributed by atoms with van der Waals surface area (Å²) in [5, 5.41) is 9.17. The molecule has 2 rings (SSSR count). The third-order valence-electron chi connectivity index (χ3n) is 2.46. The van der Waals surface area contributed by atoms with Crippen molar-refractivity contribution in [1.82, 2.24) is 0 Å². The number of carbonyl (C=O) groups is 1. The lowest BCUT2D eigenvalue weighted by atomic mass is 10.1. The predicted molar refractivity (Wildman–Crippen MR) is 56.4 cm³/mol. The Kier molecular flexibility index (Phi) is 2.82. The molecule has 1 N–H and O–H groups in total. The van der Waals surface area contributed by atoms with Gasteiger partial charge < -0.3 is 9.84 Å². The number of hydrogen-bond acceptors (Lipinski definition) is 2. The molecule has 1 aromatic rings. The summed E-state index contributed by atoms with van der Waals surface area (Å²) < 4.78 is 5.59. The maximum absolute atomic E-state index is 10.4. The first-order valence-electron chi connectivity index (χ1n) is 4.82. The molecule has 0 saturated heterocycles. The minimum Gasteiger partial charge on any atom is -0.488 e. The Morgan fingerprint density at radius 3 is 3.07 bits per heavy atom. The van der Waals surface area contributed by atoms with Gasteiger partial charge in [-0.2, -0.15) is 0 Å². The summed E-state index contributed by atoms with van der Waals surface area (Å²) in [4.78, 5) is 10.4. The Morgan fingerprint density at radius 1 is 1.60 bits per heavy atom. The maximum Gasteiger partial charge on any atom is 0.303 e. The van der Waals surface area contributed by atoms with Gasteiger partial charge in [0.2, 0.25) is 0 Å². The molecule has 0 amide bonds. The summed E-state index contributed by atoms with van der Waals surface area (Å²) in [5.74, 6) is -0.0739. The second-order valence-corrected chi connectivity index (χ2v) is 4.01. The van der Waals surface area contributed by atoms with Gasteiger partial charge in [0.25, 0.3) is 0 Å². The molecule has 1 unspecified atom stereocenters. The third-order valence-corrected chi connectivity index (χ3v) is 2.76. The predicted octanol–water partition coefficient (Wildman–Crippen LogP) is 2.51. The lowest BCUT2D eigenvalue weighted by Gasteiger charge is -2.08. The molecule has 0 aliphatic carbocycles. The zero-order valence-corrected chi connectivity index (χ0v) is 8.83. The minimum atomic E-state index is -0.791. The van der Waals surface area contributed by atoms with E-state index >= 15 is 0 Å². The lowest BCUT2D eigenvalue weighted by Crippen LogP contribution is -2.14. The lowest BCUT2D eigenvalue weighted by molar-refractivity contribution is -0.137. The van der Waals surface area contributed by atoms with Crippen molar-refractivity contribution in [3.8, 4) is 5.75 Å². The molecule has 80 valence electrons. The van der Waals surface area contributed by atoms with Gasteiger partial charge in [0, 0.05) is 12.8 Å². The first-order chi connectivity index (χ1) is 7.16.